The van der Waals surface area contributed by atoms with Gasteiger partial charge in [0.1, 0.15) is 12.4 Å². The van der Waals surface area contributed by atoms with Crippen molar-refractivity contribution in [3.63, 3.8) is 0 Å². The van der Waals surface area contributed by atoms with E-state index in [1.165, 1.54) is 5.56 Å². The SMILES string of the molecule is Cc1nc(CCOCC(F)F)nc2c1CC(CN)CC2. The van der Waals surface area contributed by atoms with Crippen molar-refractivity contribution < 1.29 is 13.5 Å². The van der Waals surface area contributed by atoms with Crippen molar-refractivity contribution in [3.05, 3.63) is 22.8 Å². The lowest BCUT2D eigenvalue weighted by atomic mass is 9.86. The molecule has 112 valence electrons. The first-order chi connectivity index (χ1) is 9.60. The van der Waals surface area contributed by atoms with Gasteiger partial charge in [0, 0.05) is 17.8 Å². The number of aromatic nitrogens is 2. The van der Waals surface area contributed by atoms with Gasteiger partial charge in [-0.25, -0.2) is 18.7 Å². The van der Waals surface area contributed by atoms with E-state index in [0.717, 1.165) is 30.7 Å². The molecular formula is C14H21F2N3O. The number of hydrogen-bond donors (Lipinski definition) is 1. The Morgan fingerprint density at radius 3 is 2.90 bits per heavy atom. The second kappa shape index (κ2) is 7.04. The smallest absolute Gasteiger partial charge is 0.261 e. The normalized spacial score (nSPS) is 18.4. The van der Waals surface area contributed by atoms with E-state index in [1.54, 1.807) is 0 Å². The van der Waals surface area contributed by atoms with E-state index in [-0.39, 0.29) is 6.61 Å². The Morgan fingerprint density at radius 1 is 1.40 bits per heavy atom. The van der Waals surface area contributed by atoms with Gasteiger partial charge >= 0.3 is 0 Å². The van der Waals surface area contributed by atoms with Crippen molar-refractivity contribution in [3.8, 4) is 0 Å². The lowest BCUT2D eigenvalue weighted by molar-refractivity contribution is 0.0182. The maximum atomic E-state index is 12.0. The van der Waals surface area contributed by atoms with E-state index in [4.69, 9.17) is 10.5 Å². The topological polar surface area (TPSA) is 61.0 Å². The standard InChI is InChI=1S/C14H21F2N3O/c1-9-11-6-10(7-17)2-3-12(11)19-14(18-9)4-5-20-8-13(15)16/h10,13H,2-8,17H2,1H3. The van der Waals surface area contributed by atoms with Crippen LogP contribution >= 0.6 is 0 Å². The summed E-state index contributed by atoms with van der Waals surface area (Å²) >= 11 is 0. The van der Waals surface area contributed by atoms with E-state index in [2.05, 4.69) is 9.97 Å². The molecule has 20 heavy (non-hydrogen) atoms. The summed E-state index contributed by atoms with van der Waals surface area (Å²) in [6, 6.07) is 0. The molecule has 1 unspecified atom stereocenters. The van der Waals surface area contributed by atoms with Crippen molar-refractivity contribution in [1.29, 1.82) is 0 Å². The molecule has 1 aromatic rings. The molecule has 4 nitrogen and oxygen atoms in total. The van der Waals surface area contributed by atoms with E-state index in [1.807, 2.05) is 6.92 Å². The molecule has 0 radical (unpaired) electrons. The number of halogens is 2. The number of aryl methyl sites for hydroxylation is 2. The number of nitrogens with zero attached hydrogens (tertiary/aromatic N) is 2. The van der Waals surface area contributed by atoms with Crippen LogP contribution in [0.1, 0.15) is 29.2 Å². The Hall–Kier alpha value is -1.14. The maximum Gasteiger partial charge on any atom is 0.261 e. The summed E-state index contributed by atoms with van der Waals surface area (Å²) in [6.07, 6.45) is 0.975. The largest absolute Gasteiger partial charge is 0.375 e. The molecule has 1 atom stereocenters. The van der Waals surface area contributed by atoms with Crippen molar-refractivity contribution in [2.45, 2.75) is 39.0 Å². The molecule has 0 saturated carbocycles. The fourth-order valence-corrected chi connectivity index (χ4v) is 2.57. The highest BCUT2D eigenvalue weighted by Gasteiger charge is 2.21. The summed E-state index contributed by atoms with van der Waals surface area (Å²) in [5.74, 6) is 1.20. The molecule has 0 amide bonds. The van der Waals surface area contributed by atoms with Crippen molar-refractivity contribution >= 4 is 0 Å². The number of rotatable bonds is 6. The van der Waals surface area contributed by atoms with Crippen LogP contribution in [0.15, 0.2) is 0 Å². The van der Waals surface area contributed by atoms with Gasteiger partial charge in [-0.1, -0.05) is 0 Å². The molecule has 1 heterocycles. The highest BCUT2D eigenvalue weighted by Crippen LogP contribution is 2.25. The summed E-state index contributed by atoms with van der Waals surface area (Å²) in [5.41, 5.74) is 9.01. The average molecular weight is 285 g/mol. The molecule has 0 saturated heterocycles. The van der Waals surface area contributed by atoms with Gasteiger partial charge in [-0.15, -0.1) is 0 Å². The summed E-state index contributed by atoms with van der Waals surface area (Å²) in [5, 5.41) is 0. The molecule has 0 bridgehead atoms. The van der Waals surface area contributed by atoms with E-state index in [0.29, 0.717) is 24.7 Å². The van der Waals surface area contributed by atoms with E-state index >= 15 is 0 Å². The Kier molecular flexibility index (Phi) is 5.37. The van der Waals surface area contributed by atoms with Crippen LogP contribution in [0.25, 0.3) is 0 Å². The average Bonchev–Trinajstić information content (AvgIpc) is 2.43. The first-order valence-electron chi connectivity index (χ1n) is 7.01. The first kappa shape index (κ1) is 15.3. The molecule has 1 aromatic heterocycles. The number of nitrogens with two attached hydrogens (primary N) is 1. The molecule has 6 heteroatoms. The van der Waals surface area contributed by atoms with Crippen LogP contribution in [0.2, 0.25) is 0 Å². The predicted octanol–water partition coefficient (Wildman–Crippen LogP) is 1.67. The zero-order valence-corrected chi connectivity index (χ0v) is 11.7. The van der Waals surface area contributed by atoms with E-state index in [9.17, 15) is 8.78 Å². The third-order valence-corrected chi connectivity index (χ3v) is 3.68. The van der Waals surface area contributed by atoms with Crippen LogP contribution in [0.5, 0.6) is 0 Å². The number of hydrogen-bond acceptors (Lipinski definition) is 4. The fraction of sp³-hybridized carbons (Fsp3) is 0.714. The Labute approximate surface area is 117 Å². The summed E-state index contributed by atoms with van der Waals surface area (Å²) in [7, 11) is 0. The number of fused-ring (bicyclic) bond motifs is 1. The minimum absolute atomic E-state index is 0.230. The zero-order chi connectivity index (χ0) is 14.5. The quantitative estimate of drug-likeness (QED) is 0.808. The molecular weight excluding hydrogens is 264 g/mol. The van der Waals surface area contributed by atoms with Gasteiger partial charge in [0.25, 0.3) is 6.43 Å². The molecule has 0 aromatic carbocycles. The van der Waals surface area contributed by atoms with Gasteiger partial charge in [0.2, 0.25) is 0 Å². The van der Waals surface area contributed by atoms with Gasteiger partial charge in [-0.3, -0.25) is 0 Å². The van der Waals surface area contributed by atoms with Crippen LogP contribution < -0.4 is 5.73 Å². The zero-order valence-electron chi connectivity index (χ0n) is 11.7. The van der Waals surface area contributed by atoms with Crippen LogP contribution in [0.4, 0.5) is 8.78 Å². The predicted molar refractivity (Wildman–Crippen MR) is 71.9 cm³/mol. The highest BCUT2D eigenvalue weighted by molar-refractivity contribution is 5.28. The molecule has 2 rings (SSSR count). The van der Waals surface area contributed by atoms with Gasteiger partial charge in [-0.2, -0.15) is 0 Å². The molecule has 0 fully saturated rings. The second-order valence-corrected chi connectivity index (χ2v) is 5.21. The monoisotopic (exact) mass is 285 g/mol. The van der Waals surface area contributed by atoms with Gasteiger partial charge in [-0.05, 0) is 44.2 Å². The number of ether oxygens (including phenoxy) is 1. The minimum atomic E-state index is -2.42. The summed E-state index contributed by atoms with van der Waals surface area (Å²) in [4.78, 5) is 8.99. The van der Waals surface area contributed by atoms with Crippen LogP contribution in [-0.4, -0.2) is 36.2 Å². The fourth-order valence-electron chi connectivity index (χ4n) is 2.57. The van der Waals surface area contributed by atoms with Crippen molar-refractivity contribution in [1.82, 2.24) is 9.97 Å². The summed E-state index contributed by atoms with van der Waals surface area (Å²) in [6.45, 7) is 2.38. The van der Waals surface area contributed by atoms with Gasteiger partial charge in [0.05, 0.1) is 6.61 Å². The summed E-state index contributed by atoms with van der Waals surface area (Å²) < 4.78 is 28.8. The Bertz CT molecular complexity index is 454. The second-order valence-electron chi connectivity index (χ2n) is 5.21. The van der Waals surface area contributed by atoms with Gasteiger partial charge < -0.3 is 10.5 Å². The van der Waals surface area contributed by atoms with Crippen molar-refractivity contribution in [2.75, 3.05) is 19.8 Å². The third-order valence-electron chi connectivity index (χ3n) is 3.68. The van der Waals surface area contributed by atoms with Crippen LogP contribution in [-0.2, 0) is 24.0 Å². The van der Waals surface area contributed by atoms with Crippen LogP contribution in [0, 0.1) is 12.8 Å². The molecule has 0 spiro atoms. The van der Waals surface area contributed by atoms with Crippen molar-refractivity contribution in [2.24, 2.45) is 11.7 Å². The highest BCUT2D eigenvalue weighted by atomic mass is 19.3. The molecule has 0 aliphatic heterocycles. The minimum Gasteiger partial charge on any atom is -0.375 e. The molecule has 2 N–H and O–H groups in total. The number of alkyl halides is 2. The Balaban J connectivity index is 1.98. The molecule has 1 aliphatic carbocycles. The Morgan fingerprint density at radius 2 is 2.20 bits per heavy atom. The lowest BCUT2D eigenvalue weighted by Crippen LogP contribution is -2.24. The third kappa shape index (κ3) is 3.93. The van der Waals surface area contributed by atoms with Gasteiger partial charge in [0.15, 0.2) is 0 Å². The first-order valence-corrected chi connectivity index (χ1v) is 7.01. The lowest BCUT2D eigenvalue weighted by Gasteiger charge is -2.24. The van der Waals surface area contributed by atoms with Crippen LogP contribution in [0.3, 0.4) is 0 Å². The maximum absolute atomic E-state index is 12.0. The van der Waals surface area contributed by atoms with E-state index < -0.39 is 13.0 Å². The molecule has 1 aliphatic rings.